The van der Waals surface area contributed by atoms with E-state index in [4.69, 9.17) is 4.74 Å². The third kappa shape index (κ3) is 1.97. The molecule has 0 fully saturated rings. The minimum absolute atomic E-state index is 0.166. The van der Waals surface area contributed by atoms with Crippen LogP contribution in [0.5, 0.6) is 5.75 Å². The van der Waals surface area contributed by atoms with Gasteiger partial charge in [0.15, 0.2) is 0 Å². The van der Waals surface area contributed by atoms with Gasteiger partial charge in [0.25, 0.3) is 0 Å². The van der Waals surface area contributed by atoms with Crippen LogP contribution in [-0.4, -0.2) is 12.4 Å². The number of aryl methyl sites for hydroxylation is 2. The molecule has 1 aromatic carbocycles. The number of fused-ring (bicyclic) bond motifs is 2. The van der Waals surface area contributed by atoms with Crippen LogP contribution in [0.3, 0.4) is 0 Å². The van der Waals surface area contributed by atoms with Crippen molar-refractivity contribution in [3.05, 3.63) is 50.7 Å². The summed E-state index contributed by atoms with van der Waals surface area (Å²) >= 11 is 1.69. The fourth-order valence-electron chi connectivity index (χ4n) is 3.07. The summed E-state index contributed by atoms with van der Waals surface area (Å²) in [5.41, 5.74) is 3.36. The fraction of sp³-hybridized carbons (Fsp3) is 0.353. The topological polar surface area (TPSA) is 26.3 Å². The first-order valence-corrected chi connectivity index (χ1v) is 8.05. The van der Waals surface area contributed by atoms with E-state index in [1.807, 2.05) is 18.2 Å². The quantitative estimate of drug-likeness (QED) is 0.784. The molecule has 2 aliphatic rings. The molecule has 0 radical (unpaired) electrons. The Bertz CT molecular complexity index is 661. The summed E-state index contributed by atoms with van der Waals surface area (Å²) in [5.74, 6) is 1.10. The second-order valence-corrected chi connectivity index (χ2v) is 6.65. The van der Waals surface area contributed by atoms with Gasteiger partial charge in [0, 0.05) is 16.9 Å². The van der Waals surface area contributed by atoms with E-state index >= 15 is 0 Å². The molecule has 20 heavy (non-hydrogen) atoms. The van der Waals surface area contributed by atoms with Crippen molar-refractivity contribution in [2.24, 2.45) is 0 Å². The van der Waals surface area contributed by atoms with Crippen LogP contribution in [0, 0.1) is 0 Å². The molecule has 1 aliphatic carbocycles. The maximum Gasteiger partial charge on any atom is 0.202 e. The molecule has 1 aromatic heterocycles. The van der Waals surface area contributed by atoms with Crippen molar-refractivity contribution in [1.82, 2.24) is 0 Å². The fourth-order valence-corrected chi connectivity index (χ4v) is 4.29. The van der Waals surface area contributed by atoms with E-state index in [2.05, 4.69) is 6.07 Å². The van der Waals surface area contributed by atoms with Crippen LogP contribution in [0.2, 0.25) is 0 Å². The molecule has 2 nitrogen and oxygen atoms in total. The molecule has 0 spiro atoms. The van der Waals surface area contributed by atoms with Crippen LogP contribution in [0.4, 0.5) is 0 Å². The maximum atomic E-state index is 12.6. The third-order valence-electron chi connectivity index (χ3n) is 4.17. The van der Waals surface area contributed by atoms with E-state index in [0.29, 0.717) is 0 Å². The van der Waals surface area contributed by atoms with Gasteiger partial charge < -0.3 is 4.74 Å². The van der Waals surface area contributed by atoms with Gasteiger partial charge in [-0.1, -0.05) is 0 Å². The highest BCUT2D eigenvalue weighted by Crippen LogP contribution is 2.32. The van der Waals surface area contributed by atoms with Crippen molar-refractivity contribution < 1.29 is 9.53 Å². The van der Waals surface area contributed by atoms with Crippen LogP contribution in [0.1, 0.15) is 44.1 Å². The lowest BCUT2D eigenvalue weighted by atomic mass is 9.98. The van der Waals surface area contributed by atoms with Gasteiger partial charge in [-0.25, -0.2) is 0 Å². The van der Waals surface area contributed by atoms with Crippen molar-refractivity contribution >= 4 is 17.1 Å². The highest BCUT2D eigenvalue weighted by atomic mass is 32.1. The lowest BCUT2D eigenvalue weighted by Gasteiger charge is -2.08. The first-order chi connectivity index (χ1) is 9.81. The smallest absolute Gasteiger partial charge is 0.202 e. The third-order valence-corrected chi connectivity index (χ3v) is 5.41. The zero-order valence-electron chi connectivity index (χ0n) is 11.3. The molecule has 102 valence electrons. The Kier molecular flexibility index (Phi) is 2.88. The number of ketones is 1. The van der Waals surface area contributed by atoms with E-state index in [9.17, 15) is 4.79 Å². The number of carbonyl (C=O) groups excluding carboxylic acids is 1. The predicted octanol–water partition coefficient (Wildman–Crippen LogP) is 3.79. The molecular formula is C17H16O2S. The van der Waals surface area contributed by atoms with E-state index in [0.717, 1.165) is 47.6 Å². The average Bonchev–Trinajstić information content (AvgIpc) is 3.11. The Morgan fingerprint density at radius 1 is 1.05 bits per heavy atom. The molecule has 0 saturated carbocycles. The standard InChI is InChI=1S/C17H16O2S/c18-17(13-5-6-14-11(9-13)7-8-19-14)16-10-12-3-1-2-4-15(12)20-16/h5-6,9-10H,1-4,7-8H2. The Morgan fingerprint density at radius 3 is 2.85 bits per heavy atom. The molecule has 1 aliphatic heterocycles. The maximum absolute atomic E-state index is 12.6. The van der Waals surface area contributed by atoms with Crippen LogP contribution in [0.15, 0.2) is 24.3 Å². The van der Waals surface area contributed by atoms with Crippen LogP contribution in [0.25, 0.3) is 0 Å². The van der Waals surface area contributed by atoms with Crippen molar-refractivity contribution in [2.75, 3.05) is 6.61 Å². The number of hydrogen-bond donors (Lipinski definition) is 0. The molecule has 3 heteroatoms. The number of carbonyl (C=O) groups is 1. The zero-order chi connectivity index (χ0) is 13.5. The van der Waals surface area contributed by atoms with Crippen molar-refractivity contribution in [3.8, 4) is 5.75 Å². The number of benzene rings is 1. The summed E-state index contributed by atoms with van der Waals surface area (Å²) in [4.78, 5) is 15.0. The van der Waals surface area contributed by atoms with Gasteiger partial charge in [0.1, 0.15) is 5.75 Å². The van der Waals surface area contributed by atoms with Gasteiger partial charge in [0.05, 0.1) is 11.5 Å². The average molecular weight is 284 g/mol. The lowest BCUT2D eigenvalue weighted by molar-refractivity contribution is 0.104. The summed E-state index contributed by atoms with van der Waals surface area (Å²) < 4.78 is 5.50. The monoisotopic (exact) mass is 284 g/mol. The molecule has 0 N–H and O–H groups in total. The summed E-state index contributed by atoms with van der Waals surface area (Å²) in [6, 6.07) is 7.95. The van der Waals surface area contributed by atoms with Gasteiger partial charge in [-0.05, 0) is 61.1 Å². The number of ether oxygens (including phenoxy) is 1. The number of thiophene rings is 1. The largest absolute Gasteiger partial charge is 0.493 e. The normalized spacial score (nSPS) is 16.4. The highest BCUT2D eigenvalue weighted by molar-refractivity contribution is 7.14. The summed E-state index contributed by atoms with van der Waals surface area (Å²) in [5, 5.41) is 0. The van der Waals surface area contributed by atoms with E-state index in [1.54, 1.807) is 11.3 Å². The Hall–Kier alpha value is -1.61. The van der Waals surface area contributed by atoms with Crippen molar-refractivity contribution in [2.45, 2.75) is 32.1 Å². The Balaban J connectivity index is 1.68. The highest BCUT2D eigenvalue weighted by Gasteiger charge is 2.20. The molecule has 4 rings (SSSR count). The van der Waals surface area contributed by atoms with E-state index in [-0.39, 0.29) is 5.78 Å². The minimum Gasteiger partial charge on any atom is -0.493 e. The Labute approximate surface area is 122 Å². The lowest BCUT2D eigenvalue weighted by Crippen LogP contribution is -1.99. The van der Waals surface area contributed by atoms with Crippen LogP contribution in [-0.2, 0) is 19.3 Å². The van der Waals surface area contributed by atoms with Crippen molar-refractivity contribution in [1.29, 1.82) is 0 Å². The summed E-state index contributed by atoms with van der Waals surface area (Å²) in [7, 11) is 0. The van der Waals surface area contributed by atoms with Gasteiger partial charge >= 0.3 is 0 Å². The number of hydrogen-bond acceptors (Lipinski definition) is 3. The molecule has 0 amide bonds. The molecule has 2 aromatic rings. The first kappa shape index (κ1) is 12.2. The predicted molar refractivity (Wildman–Crippen MR) is 80.0 cm³/mol. The molecule has 0 unspecified atom stereocenters. The molecule has 2 heterocycles. The van der Waals surface area contributed by atoms with Crippen LogP contribution >= 0.6 is 11.3 Å². The minimum atomic E-state index is 0.166. The van der Waals surface area contributed by atoms with Crippen molar-refractivity contribution in [3.63, 3.8) is 0 Å². The van der Waals surface area contributed by atoms with Gasteiger partial charge in [-0.3, -0.25) is 4.79 Å². The summed E-state index contributed by atoms with van der Waals surface area (Å²) in [6.07, 6.45) is 5.71. The van der Waals surface area contributed by atoms with Gasteiger partial charge in [-0.15, -0.1) is 11.3 Å². The van der Waals surface area contributed by atoms with Crippen LogP contribution < -0.4 is 4.74 Å². The summed E-state index contributed by atoms with van der Waals surface area (Å²) in [6.45, 7) is 0.736. The molecule has 0 bridgehead atoms. The molecule has 0 saturated heterocycles. The molecule has 0 atom stereocenters. The second-order valence-electron chi connectivity index (χ2n) is 5.52. The van der Waals surface area contributed by atoms with E-state index in [1.165, 1.54) is 23.3 Å². The number of rotatable bonds is 2. The van der Waals surface area contributed by atoms with Gasteiger partial charge in [-0.2, -0.15) is 0 Å². The second kappa shape index (κ2) is 4.74. The van der Waals surface area contributed by atoms with Gasteiger partial charge in [0.2, 0.25) is 5.78 Å². The zero-order valence-corrected chi connectivity index (χ0v) is 12.1. The molecular weight excluding hydrogens is 268 g/mol. The SMILES string of the molecule is O=C(c1ccc2c(c1)CCO2)c1cc2c(s1)CCCC2. The van der Waals surface area contributed by atoms with E-state index < -0.39 is 0 Å². The first-order valence-electron chi connectivity index (χ1n) is 7.23. The Morgan fingerprint density at radius 2 is 1.95 bits per heavy atom.